The molecule has 0 amide bonds. The van der Waals surface area contributed by atoms with Gasteiger partial charge in [-0.05, 0) is 86.0 Å². The van der Waals surface area contributed by atoms with E-state index in [1.807, 2.05) is 43.3 Å². The lowest BCUT2D eigenvalue weighted by Gasteiger charge is -2.31. The Hall–Kier alpha value is -3.82. The quantitative estimate of drug-likeness (QED) is 0.409. The molecule has 37 heavy (non-hydrogen) atoms. The van der Waals surface area contributed by atoms with Crippen LogP contribution in [-0.4, -0.2) is 42.4 Å². The molecule has 1 saturated heterocycles. The first-order valence-electron chi connectivity index (χ1n) is 12.7. The summed E-state index contributed by atoms with van der Waals surface area (Å²) in [6.07, 6.45) is 0.550. The summed E-state index contributed by atoms with van der Waals surface area (Å²) in [5, 5.41) is 19.3. The zero-order valence-electron chi connectivity index (χ0n) is 21.2. The Bertz CT molecular complexity index is 1330. The lowest BCUT2D eigenvalue weighted by atomic mass is 9.86. The molecule has 1 N–H and O–H groups in total. The van der Waals surface area contributed by atoms with E-state index in [1.54, 1.807) is 30.3 Å². The minimum Gasteiger partial charge on any atom is -0.508 e. The number of likely N-dealkylation sites (tertiary alicyclic amines) is 1. The Morgan fingerprint density at radius 3 is 2.57 bits per heavy atom. The first-order chi connectivity index (χ1) is 18.0. The molecule has 0 bridgehead atoms. The van der Waals surface area contributed by atoms with E-state index >= 15 is 0 Å². The highest BCUT2D eigenvalue weighted by Crippen LogP contribution is 2.47. The number of fused-ring (bicyclic) bond motifs is 1. The molecule has 3 atom stereocenters. The number of aromatic hydroxyl groups is 1. The van der Waals surface area contributed by atoms with Gasteiger partial charge in [0.15, 0.2) is 0 Å². The Morgan fingerprint density at radius 2 is 1.89 bits per heavy atom. The van der Waals surface area contributed by atoms with Crippen LogP contribution in [0.1, 0.15) is 48.6 Å². The maximum Gasteiger partial charge on any atom is 0.150 e. The van der Waals surface area contributed by atoms with E-state index in [1.165, 1.54) is 0 Å². The van der Waals surface area contributed by atoms with Crippen molar-refractivity contribution in [1.29, 1.82) is 5.26 Å². The number of alkyl halides is 1. The van der Waals surface area contributed by atoms with Gasteiger partial charge < -0.3 is 14.6 Å². The summed E-state index contributed by atoms with van der Waals surface area (Å²) in [6.45, 7) is 6.16. The Labute approximate surface area is 217 Å². The van der Waals surface area contributed by atoms with Crippen molar-refractivity contribution in [3.63, 3.8) is 0 Å². The smallest absolute Gasteiger partial charge is 0.150 e. The van der Waals surface area contributed by atoms with Gasteiger partial charge in [-0.15, -0.1) is 0 Å². The van der Waals surface area contributed by atoms with E-state index in [2.05, 4.69) is 17.9 Å². The Morgan fingerprint density at radius 1 is 1.14 bits per heavy atom. The van der Waals surface area contributed by atoms with Crippen LogP contribution in [0.25, 0.3) is 11.1 Å². The van der Waals surface area contributed by atoms with Gasteiger partial charge in [-0.25, -0.2) is 0 Å². The summed E-state index contributed by atoms with van der Waals surface area (Å²) in [7, 11) is 0. The number of ether oxygens (including phenoxy) is 2. The summed E-state index contributed by atoms with van der Waals surface area (Å²) in [6, 6.07) is 23.0. The highest BCUT2D eigenvalue weighted by molar-refractivity contribution is 5.95. The minimum absolute atomic E-state index is 0.146. The molecule has 0 spiro atoms. The van der Waals surface area contributed by atoms with Gasteiger partial charge >= 0.3 is 0 Å². The molecule has 2 heterocycles. The second kappa shape index (κ2) is 10.7. The van der Waals surface area contributed by atoms with Crippen molar-refractivity contribution in [3.8, 4) is 23.3 Å². The first-order valence-corrected chi connectivity index (χ1v) is 12.7. The summed E-state index contributed by atoms with van der Waals surface area (Å²) >= 11 is 0. The van der Waals surface area contributed by atoms with Crippen LogP contribution in [-0.2, 0) is 0 Å². The Balaban J connectivity index is 1.38. The van der Waals surface area contributed by atoms with Gasteiger partial charge in [-0.2, -0.15) is 5.26 Å². The third kappa shape index (κ3) is 5.19. The molecule has 5 nitrogen and oxygen atoms in total. The number of hydrogen-bond donors (Lipinski definition) is 1. The maximum absolute atomic E-state index is 13.0. The largest absolute Gasteiger partial charge is 0.508 e. The molecular weight excluding hydrogens is 467 g/mol. The Kier molecular flexibility index (Phi) is 7.16. The molecule has 0 aliphatic carbocycles. The average molecular weight is 499 g/mol. The molecule has 3 aromatic rings. The van der Waals surface area contributed by atoms with E-state index in [4.69, 9.17) is 9.47 Å². The predicted octanol–water partition coefficient (Wildman–Crippen LogP) is 6.39. The van der Waals surface area contributed by atoms with Crippen LogP contribution in [0.15, 0.2) is 66.7 Å². The number of nitrogens with zero attached hydrogens (tertiary/aromatic N) is 2. The standard InChI is InChI=1S/C31H31FN2O3/c1-20(34-14-13-23(16-32)18-34)19-36-27-10-7-25(8-11-27)31-30(24-5-3-22(17-33)4-6-24)21(2)28-15-26(35)9-12-29(28)37-31/h3-12,15,20,23,31,35H,13-14,16,18-19H2,1-2H3. The van der Waals surface area contributed by atoms with Crippen LogP contribution < -0.4 is 9.47 Å². The summed E-state index contributed by atoms with van der Waals surface area (Å²) in [4.78, 5) is 2.29. The third-order valence-electron chi connectivity index (χ3n) is 7.44. The molecule has 0 saturated carbocycles. The van der Waals surface area contributed by atoms with Gasteiger partial charge in [0.05, 0.1) is 18.3 Å². The van der Waals surface area contributed by atoms with Crippen LogP contribution in [0, 0.1) is 17.2 Å². The fourth-order valence-corrected chi connectivity index (χ4v) is 5.22. The van der Waals surface area contributed by atoms with Crippen LogP contribution in [0.5, 0.6) is 17.2 Å². The number of allylic oxidation sites excluding steroid dienone is 1. The second-order valence-electron chi connectivity index (χ2n) is 9.94. The maximum atomic E-state index is 13.0. The third-order valence-corrected chi connectivity index (χ3v) is 7.44. The molecule has 190 valence electrons. The summed E-state index contributed by atoms with van der Waals surface area (Å²) in [5.41, 5.74) is 5.38. The molecule has 0 radical (unpaired) electrons. The van der Waals surface area contributed by atoms with E-state index in [-0.39, 0.29) is 30.5 Å². The van der Waals surface area contributed by atoms with Crippen molar-refractivity contribution in [2.45, 2.75) is 32.4 Å². The van der Waals surface area contributed by atoms with E-state index in [9.17, 15) is 14.8 Å². The van der Waals surface area contributed by atoms with Crippen LogP contribution >= 0.6 is 0 Å². The van der Waals surface area contributed by atoms with Gasteiger partial charge in [0.1, 0.15) is 30.0 Å². The highest BCUT2D eigenvalue weighted by atomic mass is 19.1. The van der Waals surface area contributed by atoms with Crippen molar-refractivity contribution in [2.24, 2.45) is 5.92 Å². The number of benzene rings is 3. The summed E-state index contributed by atoms with van der Waals surface area (Å²) < 4.78 is 25.5. The topological polar surface area (TPSA) is 65.7 Å². The van der Waals surface area contributed by atoms with E-state index < -0.39 is 0 Å². The van der Waals surface area contributed by atoms with Crippen molar-refractivity contribution < 1.29 is 19.0 Å². The zero-order valence-corrected chi connectivity index (χ0v) is 21.2. The normalized spacial score (nSPS) is 20.2. The number of halogens is 1. The van der Waals surface area contributed by atoms with E-state index in [0.717, 1.165) is 53.1 Å². The van der Waals surface area contributed by atoms with Gasteiger partial charge in [-0.1, -0.05) is 24.3 Å². The predicted molar refractivity (Wildman–Crippen MR) is 142 cm³/mol. The minimum atomic E-state index is -0.361. The van der Waals surface area contributed by atoms with Crippen LogP contribution in [0.3, 0.4) is 0 Å². The molecule has 5 rings (SSSR count). The fourth-order valence-electron chi connectivity index (χ4n) is 5.22. The van der Waals surface area contributed by atoms with Gasteiger partial charge in [0.2, 0.25) is 0 Å². The molecule has 3 unspecified atom stereocenters. The van der Waals surface area contributed by atoms with Crippen molar-refractivity contribution in [2.75, 3.05) is 26.4 Å². The highest BCUT2D eigenvalue weighted by Gasteiger charge is 2.30. The number of hydrogen-bond acceptors (Lipinski definition) is 5. The SMILES string of the molecule is CC1=C(c2ccc(C#N)cc2)C(c2ccc(OCC(C)N3CCC(CF)C3)cc2)Oc2ccc(O)cc21. The van der Waals surface area contributed by atoms with Crippen molar-refractivity contribution >= 4 is 11.1 Å². The average Bonchev–Trinajstić information content (AvgIpc) is 3.42. The lowest BCUT2D eigenvalue weighted by molar-refractivity contribution is 0.165. The molecule has 2 aliphatic rings. The number of phenolic OH excluding ortho intramolecular Hbond substituents is 1. The van der Waals surface area contributed by atoms with Crippen molar-refractivity contribution in [1.82, 2.24) is 4.90 Å². The first kappa shape index (κ1) is 24.9. The number of rotatable bonds is 7. The molecular formula is C31H31FN2O3. The number of phenols is 1. The molecule has 0 aromatic heterocycles. The summed E-state index contributed by atoms with van der Waals surface area (Å²) in [5.74, 6) is 1.82. The van der Waals surface area contributed by atoms with Crippen LogP contribution in [0.2, 0.25) is 0 Å². The van der Waals surface area contributed by atoms with Gasteiger partial charge in [0, 0.05) is 29.6 Å². The zero-order chi connectivity index (χ0) is 25.9. The fraction of sp³-hybridized carbons (Fsp3) is 0.323. The van der Waals surface area contributed by atoms with Gasteiger partial charge in [0.25, 0.3) is 0 Å². The number of nitriles is 1. The second-order valence-corrected chi connectivity index (χ2v) is 9.94. The monoisotopic (exact) mass is 498 g/mol. The lowest BCUT2D eigenvalue weighted by Crippen LogP contribution is -2.35. The molecule has 2 aliphatic heterocycles. The molecule has 6 heteroatoms. The van der Waals surface area contributed by atoms with E-state index in [0.29, 0.717) is 17.9 Å². The van der Waals surface area contributed by atoms with Gasteiger partial charge in [-0.3, -0.25) is 9.29 Å². The van der Waals surface area contributed by atoms with Crippen LogP contribution in [0.4, 0.5) is 4.39 Å². The molecule has 1 fully saturated rings. The van der Waals surface area contributed by atoms with Crippen molar-refractivity contribution in [3.05, 3.63) is 89.0 Å². The molecule has 3 aromatic carbocycles.